The van der Waals surface area contributed by atoms with E-state index in [1.165, 1.54) is 11.8 Å². The van der Waals surface area contributed by atoms with E-state index in [0.717, 1.165) is 10.0 Å². The van der Waals surface area contributed by atoms with Crippen LogP contribution in [0.25, 0.3) is 0 Å². The Labute approximate surface area is 141 Å². The fourth-order valence-corrected chi connectivity index (χ4v) is 2.97. The van der Waals surface area contributed by atoms with E-state index in [1.807, 2.05) is 31.2 Å². The number of amides is 1. The Bertz CT molecular complexity index is 621. The summed E-state index contributed by atoms with van der Waals surface area (Å²) in [6.45, 7) is 1.96. The molecule has 0 fully saturated rings. The van der Waals surface area contributed by atoms with Gasteiger partial charge in [-0.25, -0.2) is 4.98 Å². The fourth-order valence-electron chi connectivity index (χ4n) is 1.73. The predicted octanol–water partition coefficient (Wildman–Crippen LogP) is 4.47. The van der Waals surface area contributed by atoms with Crippen molar-refractivity contribution in [3.05, 3.63) is 57.7 Å². The van der Waals surface area contributed by atoms with Gasteiger partial charge >= 0.3 is 0 Å². The molecule has 0 aliphatic rings. The molecule has 1 atom stereocenters. The molecule has 1 aromatic carbocycles. The van der Waals surface area contributed by atoms with Gasteiger partial charge in [-0.15, -0.1) is 0 Å². The van der Waals surface area contributed by atoms with Crippen LogP contribution in [-0.2, 0) is 4.79 Å². The number of nitrogens with one attached hydrogen (secondary N) is 1. The van der Waals surface area contributed by atoms with Gasteiger partial charge in [0, 0.05) is 10.7 Å². The maximum Gasteiger partial charge on any atom is 0.230 e. The van der Waals surface area contributed by atoms with Gasteiger partial charge in [0.15, 0.2) is 0 Å². The van der Waals surface area contributed by atoms with Gasteiger partial charge in [-0.3, -0.25) is 4.79 Å². The van der Waals surface area contributed by atoms with Crippen molar-refractivity contribution in [2.45, 2.75) is 18.0 Å². The van der Waals surface area contributed by atoms with Crippen molar-refractivity contribution in [1.29, 1.82) is 0 Å². The SMILES string of the molecule is CC(NC(=O)CSc1ncccc1Cl)c1ccc(Br)cc1. The van der Waals surface area contributed by atoms with Gasteiger partial charge < -0.3 is 5.32 Å². The lowest BCUT2D eigenvalue weighted by molar-refractivity contribution is -0.119. The summed E-state index contributed by atoms with van der Waals surface area (Å²) in [5, 5.41) is 4.20. The Morgan fingerprint density at radius 2 is 2.10 bits per heavy atom. The molecule has 2 rings (SSSR count). The Morgan fingerprint density at radius 1 is 1.38 bits per heavy atom. The number of nitrogens with zero attached hydrogens (tertiary/aromatic N) is 1. The predicted molar refractivity (Wildman–Crippen MR) is 90.7 cm³/mol. The van der Waals surface area contributed by atoms with Crippen molar-refractivity contribution in [2.24, 2.45) is 0 Å². The molecule has 21 heavy (non-hydrogen) atoms. The minimum absolute atomic E-state index is 0.0367. The highest BCUT2D eigenvalue weighted by atomic mass is 79.9. The van der Waals surface area contributed by atoms with Crippen molar-refractivity contribution >= 4 is 45.2 Å². The maximum absolute atomic E-state index is 12.0. The van der Waals surface area contributed by atoms with Crippen LogP contribution >= 0.6 is 39.3 Å². The number of thioether (sulfide) groups is 1. The minimum Gasteiger partial charge on any atom is -0.349 e. The van der Waals surface area contributed by atoms with E-state index in [9.17, 15) is 4.79 Å². The highest BCUT2D eigenvalue weighted by Gasteiger charge is 2.11. The molecule has 1 amide bonds. The molecular formula is C15H14BrClN2OS. The van der Waals surface area contributed by atoms with Gasteiger partial charge in [0.1, 0.15) is 5.03 Å². The molecule has 6 heteroatoms. The second-order valence-electron chi connectivity index (χ2n) is 4.42. The molecule has 2 aromatic rings. The van der Waals surface area contributed by atoms with E-state index in [2.05, 4.69) is 26.2 Å². The van der Waals surface area contributed by atoms with Gasteiger partial charge in [0.2, 0.25) is 5.91 Å². The molecule has 1 N–H and O–H groups in total. The van der Waals surface area contributed by atoms with Gasteiger partial charge in [0.25, 0.3) is 0 Å². The summed E-state index contributed by atoms with van der Waals surface area (Å²) in [5.41, 5.74) is 1.06. The second kappa shape index (κ2) is 7.82. The smallest absolute Gasteiger partial charge is 0.230 e. The number of carbonyl (C=O) groups excluding carboxylic acids is 1. The van der Waals surface area contributed by atoms with E-state index in [-0.39, 0.29) is 17.7 Å². The van der Waals surface area contributed by atoms with Crippen molar-refractivity contribution in [1.82, 2.24) is 10.3 Å². The van der Waals surface area contributed by atoms with E-state index in [0.29, 0.717) is 10.0 Å². The summed E-state index contributed by atoms with van der Waals surface area (Å²) in [7, 11) is 0. The van der Waals surface area contributed by atoms with Gasteiger partial charge in [0.05, 0.1) is 16.8 Å². The first kappa shape index (κ1) is 16.3. The van der Waals surface area contributed by atoms with E-state index in [4.69, 9.17) is 11.6 Å². The fraction of sp³-hybridized carbons (Fsp3) is 0.200. The van der Waals surface area contributed by atoms with Crippen LogP contribution in [0.5, 0.6) is 0 Å². The summed E-state index contributed by atoms with van der Waals surface area (Å²) in [5.74, 6) is 0.245. The normalized spacial score (nSPS) is 12.0. The average Bonchev–Trinajstić information content (AvgIpc) is 2.47. The number of aromatic nitrogens is 1. The number of carbonyl (C=O) groups is 1. The quantitative estimate of drug-likeness (QED) is 0.772. The number of rotatable bonds is 5. The van der Waals surface area contributed by atoms with Gasteiger partial charge in [-0.05, 0) is 36.8 Å². The number of hydrogen-bond donors (Lipinski definition) is 1. The largest absolute Gasteiger partial charge is 0.349 e. The second-order valence-corrected chi connectivity index (χ2v) is 6.71. The van der Waals surface area contributed by atoms with Crippen molar-refractivity contribution in [2.75, 3.05) is 5.75 Å². The zero-order valence-corrected chi connectivity index (χ0v) is 14.5. The topological polar surface area (TPSA) is 42.0 Å². The number of halogens is 2. The van der Waals surface area contributed by atoms with Crippen LogP contribution in [0.1, 0.15) is 18.5 Å². The molecule has 0 aliphatic heterocycles. The lowest BCUT2D eigenvalue weighted by Crippen LogP contribution is -2.28. The zero-order chi connectivity index (χ0) is 15.2. The van der Waals surface area contributed by atoms with Crippen molar-refractivity contribution in [3.63, 3.8) is 0 Å². The van der Waals surface area contributed by atoms with Gasteiger partial charge in [-0.2, -0.15) is 0 Å². The number of pyridine rings is 1. The molecule has 0 saturated heterocycles. The Morgan fingerprint density at radius 3 is 2.76 bits per heavy atom. The number of benzene rings is 1. The Hall–Kier alpha value is -1.04. The first-order valence-electron chi connectivity index (χ1n) is 6.34. The third-order valence-corrected chi connectivity index (χ3v) is 4.76. The molecule has 1 unspecified atom stereocenters. The molecule has 0 spiro atoms. The van der Waals surface area contributed by atoms with E-state index >= 15 is 0 Å². The standard InChI is InChI=1S/C15H14BrClN2OS/c1-10(11-4-6-12(16)7-5-11)19-14(20)9-21-15-13(17)3-2-8-18-15/h2-8,10H,9H2,1H3,(H,19,20). The summed E-state index contributed by atoms with van der Waals surface area (Å²) >= 11 is 10.7. The summed E-state index contributed by atoms with van der Waals surface area (Å²) in [6.07, 6.45) is 1.66. The van der Waals surface area contributed by atoms with Crippen LogP contribution in [0, 0.1) is 0 Å². The highest BCUT2D eigenvalue weighted by molar-refractivity contribution is 9.10. The molecule has 0 bridgehead atoms. The van der Waals surface area contributed by atoms with Gasteiger partial charge in [-0.1, -0.05) is 51.4 Å². The molecule has 3 nitrogen and oxygen atoms in total. The molecule has 1 heterocycles. The summed E-state index contributed by atoms with van der Waals surface area (Å²) < 4.78 is 1.02. The van der Waals surface area contributed by atoms with Crippen LogP contribution in [0.2, 0.25) is 5.02 Å². The molecule has 1 aromatic heterocycles. The lowest BCUT2D eigenvalue weighted by Gasteiger charge is -2.14. The van der Waals surface area contributed by atoms with Crippen molar-refractivity contribution in [3.8, 4) is 0 Å². The molecule has 110 valence electrons. The minimum atomic E-state index is -0.0443. The Kier molecular flexibility index (Phi) is 6.08. The van der Waals surface area contributed by atoms with E-state index < -0.39 is 0 Å². The molecule has 0 saturated carbocycles. The zero-order valence-electron chi connectivity index (χ0n) is 11.3. The van der Waals surface area contributed by atoms with E-state index in [1.54, 1.807) is 18.3 Å². The average molecular weight is 386 g/mol. The Balaban J connectivity index is 1.87. The van der Waals surface area contributed by atoms with Crippen molar-refractivity contribution < 1.29 is 4.79 Å². The van der Waals surface area contributed by atoms with Crippen LogP contribution in [-0.4, -0.2) is 16.6 Å². The molecule has 0 radical (unpaired) electrons. The van der Waals surface area contributed by atoms with Crippen LogP contribution < -0.4 is 5.32 Å². The molecular weight excluding hydrogens is 372 g/mol. The summed E-state index contributed by atoms with van der Waals surface area (Å²) in [4.78, 5) is 16.1. The lowest BCUT2D eigenvalue weighted by atomic mass is 10.1. The van der Waals surface area contributed by atoms with Crippen LogP contribution in [0.3, 0.4) is 0 Å². The van der Waals surface area contributed by atoms with Crippen LogP contribution in [0.4, 0.5) is 0 Å². The monoisotopic (exact) mass is 384 g/mol. The first-order valence-corrected chi connectivity index (χ1v) is 8.50. The first-order chi connectivity index (χ1) is 10.1. The van der Waals surface area contributed by atoms with Crippen LogP contribution in [0.15, 0.2) is 52.1 Å². The third kappa shape index (κ3) is 5.02. The summed E-state index contributed by atoms with van der Waals surface area (Å²) in [6, 6.07) is 11.4. The third-order valence-electron chi connectivity index (χ3n) is 2.81. The maximum atomic E-state index is 12.0. The number of hydrogen-bond acceptors (Lipinski definition) is 3. The highest BCUT2D eigenvalue weighted by Crippen LogP contribution is 2.24. The molecule has 0 aliphatic carbocycles.